The predicted molar refractivity (Wildman–Crippen MR) is 56.9 cm³/mol. The average molecular weight is 259 g/mol. The Bertz CT molecular complexity index is 381. The van der Waals surface area contributed by atoms with Crippen molar-refractivity contribution in [2.45, 2.75) is 11.8 Å². The summed E-state index contributed by atoms with van der Waals surface area (Å²) in [6.07, 6.45) is 0. The minimum absolute atomic E-state index is 0.179. The maximum atomic E-state index is 11.0. The molecule has 13 heavy (non-hydrogen) atoms. The molecule has 0 atom stereocenters. The molecule has 0 aromatic heterocycles. The number of halogens is 1. The Morgan fingerprint density at radius 2 is 2.23 bits per heavy atom. The molecule has 2 rings (SSSR count). The maximum absolute atomic E-state index is 11.0. The zero-order chi connectivity index (χ0) is 9.42. The number of aryl methyl sites for hydroxylation is 1. The van der Waals surface area contributed by atoms with Gasteiger partial charge in [0.25, 0.3) is 0 Å². The van der Waals surface area contributed by atoms with Crippen molar-refractivity contribution in [1.29, 1.82) is 0 Å². The molecule has 0 unspecified atom stereocenters. The minimum atomic E-state index is -0.179. The first-order chi connectivity index (χ1) is 6.16. The second-order valence-electron chi connectivity index (χ2n) is 2.78. The fraction of sp³-hybridized carbons (Fsp3) is 0.125. The third-order valence-electron chi connectivity index (χ3n) is 1.69. The van der Waals surface area contributed by atoms with E-state index in [2.05, 4.69) is 26.0 Å². The van der Waals surface area contributed by atoms with Crippen LogP contribution in [0.2, 0.25) is 0 Å². The summed E-state index contributed by atoms with van der Waals surface area (Å²) in [5, 5.41) is 2.74. The Balaban J connectivity index is 2.53. The normalized spacial score (nSPS) is 14.5. The molecule has 0 fully saturated rings. The monoisotopic (exact) mass is 258 g/mol. The number of anilines is 1. The van der Waals surface area contributed by atoms with Crippen LogP contribution in [-0.2, 0) is 0 Å². The van der Waals surface area contributed by atoms with Crippen molar-refractivity contribution in [3.63, 3.8) is 0 Å². The molecule has 0 saturated heterocycles. The van der Waals surface area contributed by atoms with Gasteiger partial charge in [-0.1, -0.05) is 0 Å². The molecule has 1 aromatic carbocycles. The van der Waals surface area contributed by atoms with Crippen molar-refractivity contribution in [3.8, 4) is 0 Å². The van der Waals surface area contributed by atoms with E-state index in [-0.39, 0.29) is 6.03 Å². The van der Waals surface area contributed by atoms with Crippen LogP contribution in [0, 0.1) is 6.92 Å². The number of nitrogens with one attached hydrogen (secondary N) is 2. The second-order valence-corrected chi connectivity index (χ2v) is 4.48. The number of carbonyl (C=O) groups excluding carboxylic acids is 1. The van der Waals surface area contributed by atoms with E-state index >= 15 is 0 Å². The molecule has 1 aliphatic rings. The molecule has 0 bridgehead atoms. The second kappa shape index (κ2) is 3.23. The molecule has 0 spiro atoms. The van der Waals surface area contributed by atoms with E-state index in [4.69, 9.17) is 0 Å². The van der Waals surface area contributed by atoms with Gasteiger partial charge in [-0.25, -0.2) is 4.79 Å². The number of hydrogen-bond acceptors (Lipinski definition) is 2. The van der Waals surface area contributed by atoms with Gasteiger partial charge in [-0.2, -0.15) is 0 Å². The van der Waals surface area contributed by atoms with Gasteiger partial charge in [0.15, 0.2) is 0 Å². The Kier molecular flexibility index (Phi) is 2.21. The van der Waals surface area contributed by atoms with Crippen molar-refractivity contribution in [3.05, 3.63) is 22.2 Å². The number of amides is 2. The van der Waals surface area contributed by atoms with Gasteiger partial charge in [-0.05, 0) is 52.5 Å². The summed E-state index contributed by atoms with van der Waals surface area (Å²) in [5.41, 5.74) is 2.01. The van der Waals surface area contributed by atoms with Gasteiger partial charge >= 0.3 is 6.03 Å². The van der Waals surface area contributed by atoms with Crippen LogP contribution in [0.15, 0.2) is 21.5 Å². The lowest BCUT2D eigenvalue weighted by molar-refractivity contribution is 0.257. The molecular formula is C8H7BrN2OS. The summed E-state index contributed by atoms with van der Waals surface area (Å²) in [6.45, 7) is 2.02. The number of carbonyl (C=O) groups is 1. The van der Waals surface area contributed by atoms with Crippen LogP contribution in [0.1, 0.15) is 5.56 Å². The highest BCUT2D eigenvalue weighted by atomic mass is 79.9. The van der Waals surface area contributed by atoms with Crippen LogP contribution < -0.4 is 10.0 Å². The van der Waals surface area contributed by atoms with Gasteiger partial charge in [0, 0.05) is 4.47 Å². The Labute approximate surface area is 88.5 Å². The number of hydrogen-bond donors (Lipinski definition) is 2. The first kappa shape index (κ1) is 8.90. The van der Waals surface area contributed by atoms with Crippen molar-refractivity contribution in [2.75, 3.05) is 5.32 Å². The molecule has 2 amide bonds. The zero-order valence-corrected chi connectivity index (χ0v) is 9.25. The summed E-state index contributed by atoms with van der Waals surface area (Å²) in [7, 11) is 0. The van der Waals surface area contributed by atoms with E-state index < -0.39 is 0 Å². The fourth-order valence-electron chi connectivity index (χ4n) is 1.15. The van der Waals surface area contributed by atoms with E-state index in [9.17, 15) is 4.79 Å². The van der Waals surface area contributed by atoms with Crippen LogP contribution >= 0.6 is 27.9 Å². The summed E-state index contributed by atoms with van der Waals surface area (Å²) in [6, 6.07) is 3.82. The van der Waals surface area contributed by atoms with Gasteiger partial charge in [0.1, 0.15) is 0 Å². The van der Waals surface area contributed by atoms with Gasteiger partial charge in [0.2, 0.25) is 0 Å². The van der Waals surface area contributed by atoms with Crippen LogP contribution in [0.3, 0.4) is 0 Å². The topological polar surface area (TPSA) is 41.1 Å². The molecule has 2 N–H and O–H groups in total. The van der Waals surface area contributed by atoms with Crippen molar-refractivity contribution >= 4 is 39.6 Å². The lowest BCUT2D eigenvalue weighted by Crippen LogP contribution is -2.27. The van der Waals surface area contributed by atoms with E-state index in [1.165, 1.54) is 11.9 Å². The van der Waals surface area contributed by atoms with Crippen LogP contribution in [0.4, 0.5) is 10.5 Å². The minimum Gasteiger partial charge on any atom is -0.305 e. The van der Waals surface area contributed by atoms with Gasteiger partial charge in [-0.3, -0.25) is 4.72 Å². The molecular weight excluding hydrogens is 252 g/mol. The van der Waals surface area contributed by atoms with Crippen LogP contribution in [0.25, 0.3) is 0 Å². The standard InChI is InChI=1S/C8H7BrN2OS/c1-4-2-5(9)7-6(3-4)13-11-8(12)10-7/h2-3H,1H3,(H2,10,11,12). The number of benzene rings is 1. The van der Waals surface area contributed by atoms with E-state index in [0.717, 1.165) is 20.6 Å². The third kappa shape index (κ3) is 1.66. The highest BCUT2D eigenvalue weighted by Gasteiger charge is 2.17. The molecule has 0 saturated carbocycles. The summed E-state index contributed by atoms with van der Waals surface area (Å²) >= 11 is 4.74. The Morgan fingerprint density at radius 3 is 3.00 bits per heavy atom. The van der Waals surface area contributed by atoms with Gasteiger partial charge in [-0.15, -0.1) is 0 Å². The lowest BCUT2D eigenvalue weighted by Gasteiger charge is -2.18. The molecule has 5 heteroatoms. The van der Waals surface area contributed by atoms with Crippen molar-refractivity contribution in [1.82, 2.24) is 4.72 Å². The molecule has 1 aliphatic heterocycles. The van der Waals surface area contributed by atoms with Crippen molar-refractivity contribution in [2.24, 2.45) is 0 Å². The molecule has 3 nitrogen and oxygen atoms in total. The first-order valence-electron chi connectivity index (χ1n) is 3.71. The predicted octanol–water partition coefficient (Wildman–Crippen LogP) is 2.90. The highest BCUT2D eigenvalue weighted by Crippen LogP contribution is 2.36. The van der Waals surface area contributed by atoms with Gasteiger partial charge in [0.05, 0.1) is 10.6 Å². The van der Waals surface area contributed by atoms with Crippen molar-refractivity contribution < 1.29 is 4.79 Å². The summed E-state index contributed by atoms with van der Waals surface area (Å²) < 4.78 is 3.56. The molecule has 1 aromatic rings. The zero-order valence-electron chi connectivity index (χ0n) is 6.85. The Morgan fingerprint density at radius 1 is 1.46 bits per heavy atom. The van der Waals surface area contributed by atoms with E-state index in [0.29, 0.717) is 0 Å². The number of fused-ring (bicyclic) bond motifs is 1. The first-order valence-corrected chi connectivity index (χ1v) is 5.32. The van der Waals surface area contributed by atoms with E-state index in [1.807, 2.05) is 19.1 Å². The smallest absolute Gasteiger partial charge is 0.305 e. The van der Waals surface area contributed by atoms with Crippen LogP contribution in [0.5, 0.6) is 0 Å². The average Bonchev–Trinajstić information content (AvgIpc) is 2.06. The quantitative estimate of drug-likeness (QED) is 0.703. The molecule has 1 heterocycles. The van der Waals surface area contributed by atoms with E-state index in [1.54, 1.807) is 0 Å². The summed E-state index contributed by atoms with van der Waals surface area (Å²) in [4.78, 5) is 12.0. The molecule has 0 radical (unpaired) electrons. The van der Waals surface area contributed by atoms with Crippen LogP contribution in [-0.4, -0.2) is 6.03 Å². The van der Waals surface area contributed by atoms with Gasteiger partial charge < -0.3 is 5.32 Å². The number of rotatable bonds is 0. The fourth-order valence-corrected chi connectivity index (χ4v) is 2.72. The largest absolute Gasteiger partial charge is 0.329 e. The maximum Gasteiger partial charge on any atom is 0.329 e. The summed E-state index contributed by atoms with van der Waals surface area (Å²) in [5.74, 6) is 0. The molecule has 68 valence electrons. The molecule has 0 aliphatic carbocycles. The highest BCUT2D eigenvalue weighted by molar-refractivity contribution is 9.10. The number of urea groups is 1. The lowest BCUT2D eigenvalue weighted by atomic mass is 10.2. The Hall–Kier alpha value is -0.680. The third-order valence-corrected chi connectivity index (χ3v) is 3.15. The SMILES string of the molecule is Cc1cc(Br)c2c(c1)SNC(=O)N2.